The number of imide groups is 1. The van der Waals surface area contributed by atoms with Crippen LogP contribution in [0.15, 0.2) is 9.98 Å². The van der Waals surface area contributed by atoms with Gasteiger partial charge in [-0.1, -0.05) is 6.92 Å². The van der Waals surface area contributed by atoms with Gasteiger partial charge in [-0.3, -0.25) is 9.69 Å². The Bertz CT molecular complexity index is 347. The summed E-state index contributed by atoms with van der Waals surface area (Å²) in [5.74, 6) is -0.335. The largest absolute Gasteiger partial charge is 0.326 e. The molecule has 0 aromatic rings. The molecule has 2 heterocycles. The number of amides is 3. The lowest BCUT2D eigenvalue weighted by Crippen LogP contribution is -2.59. The van der Waals surface area contributed by atoms with Gasteiger partial charge in [-0.25, -0.2) is 14.8 Å². The lowest BCUT2D eigenvalue weighted by Gasteiger charge is -2.28. The number of fused-ring (bicyclic) bond motifs is 1. The number of carbonyl (C=O) groups is 2. The number of urea groups is 1. The van der Waals surface area contributed by atoms with E-state index < -0.39 is 6.17 Å². The lowest BCUT2D eigenvalue weighted by molar-refractivity contribution is -0.122. The predicted octanol–water partition coefficient (Wildman–Crippen LogP) is -0.243. The third-order valence-electron chi connectivity index (χ3n) is 2.09. The molecule has 0 saturated carbocycles. The Morgan fingerprint density at radius 1 is 1.57 bits per heavy atom. The number of nitrogens with one attached hydrogen (secondary N) is 1. The van der Waals surface area contributed by atoms with E-state index in [0.29, 0.717) is 12.3 Å². The van der Waals surface area contributed by atoms with Crippen molar-refractivity contribution in [2.45, 2.75) is 19.5 Å². The number of rotatable bonds is 2. The average Bonchev–Trinajstić information content (AvgIpc) is 2.60. The molecule has 0 bridgehead atoms. The molecule has 3 amide bonds. The van der Waals surface area contributed by atoms with Gasteiger partial charge < -0.3 is 5.32 Å². The highest BCUT2D eigenvalue weighted by Gasteiger charge is 2.38. The Labute approximate surface area is 80.7 Å². The van der Waals surface area contributed by atoms with Crippen LogP contribution in [0.2, 0.25) is 0 Å². The molecule has 14 heavy (non-hydrogen) atoms. The molecule has 0 aromatic carbocycles. The third-order valence-corrected chi connectivity index (χ3v) is 2.09. The quantitative estimate of drug-likeness (QED) is 0.658. The summed E-state index contributed by atoms with van der Waals surface area (Å²) in [5.41, 5.74) is 0.304. The zero-order valence-electron chi connectivity index (χ0n) is 7.73. The first kappa shape index (κ1) is 8.86. The van der Waals surface area contributed by atoms with E-state index in [0.717, 1.165) is 11.3 Å². The molecule has 6 nitrogen and oxygen atoms in total. The third kappa shape index (κ3) is 1.19. The summed E-state index contributed by atoms with van der Waals surface area (Å²) in [6.45, 7) is 2.32. The van der Waals surface area contributed by atoms with Crippen LogP contribution < -0.4 is 5.32 Å². The van der Waals surface area contributed by atoms with E-state index in [1.807, 2.05) is 6.92 Å². The second-order valence-corrected chi connectivity index (χ2v) is 3.09. The van der Waals surface area contributed by atoms with Crippen molar-refractivity contribution in [2.75, 3.05) is 6.54 Å². The number of hydrogen-bond acceptors (Lipinski definition) is 4. The van der Waals surface area contributed by atoms with Crippen LogP contribution in [0.25, 0.3) is 0 Å². The maximum absolute atomic E-state index is 11.7. The van der Waals surface area contributed by atoms with Crippen LogP contribution in [0.3, 0.4) is 0 Å². The Balaban J connectivity index is 2.22. The number of nitrogens with zero attached hydrogens (tertiary/aromatic N) is 3. The molecular formula is C8H10N4O2. The number of hydrogen-bond donors (Lipinski definition) is 1. The van der Waals surface area contributed by atoms with Gasteiger partial charge in [0.25, 0.3) is 5.91 Å². The molecule has 0 spiro atoms. The summed E-state index contributed by atoms with van der Waals surface area (Å²) in [5, 5.41) is 2.58. The summed E-state index contributed by atoms with van der Waals surface area (Å²) < 4.78 is 0. The van der Waals surface area contributed by atoms with Crippen molar-refractivity contribution in [2.24, 2.45) is 9.98 Å². The van der Waals surface area contributed by atoms with Crippen LogP contribution in [0, 0.1) is 0 Å². The molecule has 2 aliphatic heterocycles. The highest BCUT2D eigenvalue weighted by molar-refractivity contribution is 6.46. The molecule has 0 radical (unpaired) electrons. The van der Waals surface area contributed by atoms with Crippen molar-refractivity contribution >= 4 is 24.0 Å². The SMILES string of the molecule is CCCN1C(=O)NC2N=CN=C2C1=O. The fraction of sp³-hybridized carbons (Fsp3) is 0.500. The lowest BCUT2D eigenvalue weighted by atomic mass is 10.2. The molecule has 1 unspecified atom stereocenters. The summed E-state index contributed by atoms with van der Waals surface area (Å²) in [6, 6.07) is -0.389. The van der Waals surface area contributed by atoms with Gasteiger partial charge in [-0.2, -0.15) is 0 Å². The van der Waals surface area contributed by atoms with Crippen LogP contribution in [0.5, 0.6) is 0 Å². The van der Waals surface area contributed by atoms with E-state index >= 15 is 0 Å². The van der Waals surface area contributed by atoms with Crippen molar-refractivity contribution in [3.63, 3.8) is 0 Å². The first-order valence-electron chi connectivity index (χ1n) is 4.45. The molecule has 2 aliphatic rings. The average molecular weight is 194 g/mol. The Kier molecular flexibility index (Phi) is 2.03. The molecule has 6 heteroatoms. The zero-order valence-corrected chi connectivity index (χ0v) is 7.73. The van der Waals surface area contributed by atoms with E-state index in [1.54, 1.807) is 0 Å². The van der Waals surface area contributed by atoms with Crippen molar-refractivity contribution in [3.05, 3.63) is 0 Å². The number of aliphatic imine (C=N–C) groups is 2. The first-order valence-corrected chi connectivity index (χ1v) is 4.45. The zero-order chi connectivity index (χ0) is 10.1. The van der Waals surface area contributed by atoms with Gasteiger partial charge in [0.1, 0.15) is 6.34 Å². The summed E-state index contributed by atoms with van der Waals surface area (Å²) >= 11 is 0. The second-order valence-electron chi connectivity index (χ2n) is 3.09. The van der Waals surface area contributed by atoms with Crippen molar-refractivity contribution in [3.8, 4) is 0 Å². The molecule has 1 fully saturated rings. The van der Waals surface area contributed by atoms with E-state index in [-0.39, 0.29) is 11.9 Å². The van der Waals surface area contributed by atoms with Gasteiger partial charge in [0.2, 0.25) is 0 Å². The van der Waals surface area contributed by atoms with E-state index in [1.165, 1.54) is 6.34 Å². The molecule has 2 rings (SSSR count). The normalized spacial score (nSPS) is 24.8. The molecule has 1 saturated heterocycles. The second kappa shape index (κ2) is 3.21. The summed E-state index contributed by atoms with van der Waals surface area (Å²) in [7, 11) is 0. The molecule has 1 N–H and O–H groups in total. The van der Waals surface area contributed by atoms with Crippen molar-refractivity contribution < 1.29 is 9.59 Å². The Morgan fingerprint density at radius 2 is 2.36 bits per heavy atom. The minimum atomic E-state index is -0.567. The smallest absolute Gasteiger partial charge is 0.310 e. The molecule has 1 atom stereocenters. The molecular weight excluding hydrogens is 184 g/mol. The van der Waals surface area contributed by atoms with Crippen LogP contribution in [0.4, 0.5) is 4.79 Å². The Morgan fingerprint density at radius 3 is 3.07 bits per heavy atom. The van der Waals surface area contributed by atoms with Crippen LogP contribution >= 0.6 is 0 Å². The summed E-state index contributed by atoms with van der Waals surface area (Å²) in [4.78, 5) is 31.9. The first-order chi connectivity index (χ1) is 6.74. The van der Waals surface area contributed by atoms with E-state index in [4.69, 9.17) is 0 Å². The summed E-state index contributed by atoms with van der Waals surface area (Å²) in [6.07, 6.45) is 1.47. The van der Waals surface area contributed by atoms with Gasteiger partial charge in [0.05, 0.1) is 0 Å². The van der Waals surface area contributed by atoms with Gasteiger partial charge in [-0.15, -0.1) is 0 Å². The van der Waals surface area contributed by atoms with Crippen molar-refractivity contribution in [1.82, 2.24) is 10.2 Å². The highest BCUT2D eigenvalue weighted by Crippen LogP contribution is 2.10. The standard InChI is InChI=1S/C8H10N4O2/c1-2-3-12-7(13)5-6(10-4-9-5)11-8(12)14/h4,6H,2-3H2,1H3,(H,11,14). The number of carbonyl (C=O) groups excluding carboxylic acids is 2. The van der Waals surface area contributed by atoms with Crippen LogP contribution in [0.1, 0.15) is 13.3 Å². The van der Waals surface area contributed by atoms with Crippen molar-refractivity contribution in [1.29, 1.82) is 0 Å². The Hall–Kier alpha value is -1.72. The maximum atomic E-state index is 11.7. The van der Waals surface area contributed by atoms with Crippen LogP contribution in [-0.2, 0) is 4.79 Å². The fourth-order valence-corrected chi connectivity index (χ4v) is 1.43. The molecule has 74 valence electrons. The monoisotopic (exact) mass is 194 g/mol. The van der Waals surface area contributed by atoms with Gasteiger partial charge in [0.15, 0.2) is 11.9 Å². The molecule has 0 aliphatic carbocycles. The van der Waals surface area contributed by atoms with Gasteiger partial charge >= 0.3 is 6.03 Å². The van der Waals surface area contributed by atoms with E-state index in [9.17, 15) is 9.59 Å². The minimum absolute atomic E-state index is 0.304. The predicted molar refractivity (Wildman–Crippen MR) is 50.3 cm³/mol. The van der Waals surface area contributed by atoms with Gasteiger partial charge in [-0.05, 0) is 6.42 Å². The minimum Gasteiger partial charge on any atom is -0.310 e. The topological polar surface area (TPSA) is 74.1 Å². The molecule has 0 aromatic heterocycles. The fourth-order valence-electron chi connectivity index (χ4n) is 1.43. The van der Waals surface area contributed by atoms with Gasteiger partial charge in [0, 0.05) is 6.54 Å². The van der Waals surface area contributed by atoms with E-state index in [2.05, 4.69) is 15.3 Å². The maximum Gasteiger partial charge on any atom is 0.326 e. The van der Waals surface area contributed by atoms with Crippen LogP contribution in [-0.4, -0.2) is 41.6 Å². The highest BCUT2D eigenvalue weighted by atomic mass is 16.2.